The maximum atomic E-state index is 12.9. The van der Waals surface area contributed by atoms with Crippen LogP contribution in [-0.2, 0) is 0 Å². The Hall–Kier alpha value is -3.28. The molecule has 1 fully saturated rings. The lowest BCUT2D eigenvalue weighted by atomic mass is 10.0. The Labute approximate surface area is 163 Å². The lowest BCUT2D eigenvalue weighted by Crippen LogP contribution is -2.36. The van der Waals surface area contributed by atoms with Gasteiger partial charge in [0.2, 0.25) is 11.7 Å². The van der Waals surface area contributed by atoms with Crippen molar-refractivity contribution in [2.75, 3.05) is 13.1 Å². The van der Waals surface area contributed by atoms with Gasteiger partial charge in [-0.3, -0.25) is 9.78 Å². The topological polar surface area (TPSA) is 72.1 Å². The van der Waals surface area contributed by atoms with Gasteiger partial charge in [-0.2, -0.15) is 4.98 Å². The number of likely N-dealkylation sites (tertiary alicyclic amines) is 1. The van der Waals surface area contributed by atoms with Gasteiger partial charge in [0.05, 0.1) is 5.69 Å². The number of aromatic nitrogens is 3. The fraction of sp³-hybridized carbons (Fsp3) is 0.273. The van der Waals surface area contributed by atoms with Gasteiger partial charge >= 0.3 is 0 Å². The van der Waals surface area contributed by atoms with Gasteiger partial charge in [-0.05, 0) is 50.1 Å². The molecule has 0 radical (unpaired) electrons. The quantitative estimate of drug-likeness (QED) is 0.691. The zero-order valence-corrected chi connectivity index (χ0v) is 16.1. The van der Waals surface area contributed by atoms with Crippen molar-refractivity contribution in [3.8, 4) is 11.4 Å². The van der Waals surface area contributed by atoms with Gasteiger partial charge in [0.25, 0.3) is 5.91 Å². The van der Waals surface area contributed by atoms with Gasteiger partial charge in [-0.15, -0.1) is 0 Å². The Balaban J connectivity index is 1.44. The molecule has 1 amide bonds. The zero-order chi connectivity index (χ0) is 19.5. The molecule has 0 saturated carbocycles. The van der Waals surface area contributed by atoms with Gasteiger partial charge < -0.3 is 9.42 Å². The van der Waals surface area contributed by atoms with E-state index in [0.29, 0.717) is 30.4 Å². The lowest BCUT2D eigenvalue weighted by molar-refractivity contribution is 0.0744. The molecule has 0 atom stereocenters. The Morgan fingerprint density at radius 1 is 1.07 bits per heavy atom. The summed E-state index contributed by atoms with van der Waals surface area (Å²) in [5.41, 5.74) is 4.76. The van der Waals surface area contributed by atoms with Gasteiger partial charge in [0.1, 0.15) is 0 Å². The molecule has 142 valence electrons. The second kappa shape index (κ2) is 7.76. The molecule has 1 aliphatic heterocycles. The molecule has 2 aromatic heterocycles. The van der Waals surface area contributed by atoms with Crippen LogP contribution in [0.1, 0.15) is 40.5 Å². The molecule has 3 heterocycles. The van der Waals surface area contributed by atoms with Gasteiger partial charge in [0, 0.05) is 36.8 Å². The second-order valence-electron chi connectivity index (χ2n) is 7.02. The molecule has 28 heavy (non-hydrogen) atoms. The summed E-state index contributed by atoms with van der Waals surface area (Å²) in [7, 11) is 0. The zero-order valence-electron chi connectivity index (χ0n) is 16.1. The van der Waals surface area contributed by atoms with E-state index < -0.39 is 0 Å². The molecule has 3 aromatic rings. The van der Waals surface area contributed by atoms with Crippen molar-refractivity contribution < 1.29 is 9.32 Å². The number of hydrogen-bond acceptors (Lipinski definition) is 5. The van der Waals surface area contributed by atoms with Crippen LogP contribution in [0.3, 0.4) is 0 Å². The van der Waals surface area contributed by atoms with Crippen molar-refractivity contribution in [3.05, 3.63) is 70.9 Å². The van der Waals surface area contributed by atoms with E-state index in [1.54, 1.807) is 6.92 Å². The Morgan fingerprint density at radius 3 is 2.57 bits per heavy atom. The van der Waals surface area contributed by atoms with Crippen LogP contribution in [-0.4, -0.2) is 39.0 Å². The van der Waals surface area contributed by atoms with E-state index in [-0.39, 0.29) is 5.91 Å². The van der Waals surface area contributed by atoms with E-state index in [1.807, 2.05) is 54.3 Å². The third kappa shape index (κ3) is 4.01. The molecule has 1 aromatic carbocycles. The first kappa shape index (κ1) is 18.1. The third-order valence-electron chi connectivity index (χ3n) is 4.85. The average Bonchev–Trinajstić information content (AvgIpc) is 3.15. The summed E-state index contributed by atoms with van der Waals surface area (Å²) in [6.07, 6.45) is 3.88. The molecule has 1 saturated heterocycles. The molecular formula is C22H22N4O2. The summed E-state index contributed by atoms with van der Waals surface area (Å²) in [6.45, 7) is 5.16. The predicted molar refractivity (Wildman–Crippen MR) is 107 cm³/mol. The SMILES string of the molecule is Cc1cccc(C=C2CCN(C(=O)c3cccc(-c4noc(C)n4)c3)CC2)n1. The van der Waals surface area contributed by atoms with Crippen LogP contribution in [0.4, 0.5) is 0 Å². The maximum Gasteiger partial charge on any atom is 0.253 e. The van der Waals surface area contributed by atoms with E-state index in [9.17, 15) is 4.79 Å². The highest BCUT2D eigenvalue weighted by Gasteiger charge is 2.21. The summed E-state index contributed by atoms with van der Waals surface area (Å²) in [5.74, 6) is 1.04. The van der Waals surface area contributed by atoms with E-state index in [4.69, 9.17) is 4.52 Å². The number of nitrogens with zero attached hydrogens (tertiary/aromatic N) is 4. The molecular weight excluding hydrogens is 352 g/mol. The summed E-state index contributed by atoms with van der Waals surface area (Å²) in [5, 5.41) is 3.93. The highest BCUT2D eigenvalue weighted by atomic mass is 16.5. The largest absolute Gasteiger partial charge is 0.339 e. The molecule has 0 spiro atoms. The number of carbonyl (C=O) groups excluding carboxylic acids is 1. The monoisotopic (exact) mass is 374 g/mol. The molecule has 0 bridgehead atoms. The van der Waals surface area contributed by atoms with Crippen LogP contribution in [0.25, 0.3) is 17.5 Å². The smallest absolute Gasteiger partial charge is 0.253 e. The number of aryl methyl sites for hydroxylation is 2. The number of rotatable bonds is 3. The van der Waals surface area contributed by atoms with Crippen LogP contribution < -0.4 is 0 Å². The first-order valence-electron chi connectivity index (χ1n) is 9.41. The summed E-state index contributed by atoms with van der Waals surface area (Å²) in [6, 6.07) is 13.4. The van der Waals surface area contributed by atoms with Crippen molar-refractivity contribution in [3.63, 3.8) is 0 Å². The van der Waals surface area contributed by atoms with Crippen molar-refractivity contribution in [1.82, 2.24) is 20.0 Å². The van der Waals surface area contributed by atoms with Crippen molar-refractivity contribution in [2.24, 2.45) is 0 Å². The van der Waals surface area contributed by atoms with Crippen LogP contribution >= 0.6 is 0 Å². The maximum absolute atomic E-state index is 12.9. The van der Waals surface area contributed by atoms with Crippen LogP contribution in [0, 0.1) is 13.8 Å². The molecule has 6 heteroatoms. The van der Waals surface area contributed by atoms with E-state index in [1.165, 1.54) is 5.57 Å². The van der Waals surface area contributed by atoms with Crippen LogP contribution in [0.15, 0.2) is 52.6 Å². The summed E-state index contributed by atoms with van der Waals surface area (Å²) in [4.78, 5) is 23.6. The van der Waals surface area contributed by atoms with Crippen molar-refractivity contribution in [2.45, 2.75) is 26.7 Å². The fourth-order valence-corrected chi connectivity index (χ4v) is 3.39. The molecule has 0 aliphatic carbocycles. The third-order valence-corrected chi connectivity index (χ3v) is 4.85. The number of benzene rings is 1. The summed E-state index contributed by atoms with van der Waals surface area (Å²) < 4.78 is 5.04. The molecule has 0 N–H and O–H groups in total. The molecule has 1 aliphatic rings. The number of hydrogen-bond donors (Lipinski definition) is 0. The standard InChI is InChI=1S/C22H22N4O2/c1-15-5-3-8-20(23-15)13-17-9-11-26(12-10-17)22(27)19-7-4-6-18(14-19)21-24-16(2)28-25-21/h3-8,13-14H,9-12H2,1-2H3. The number of pyridine rings is 1. The van der Waals surface area contributed by atoms with Gasteiger partial charge in [0.15, 0.2) is 0 Å². The van der Waals surface area contributed by atoms with Crippen molar-refractivity contribution in [1.29, 1.82) is 0 Å². The van der Waals surface area contributed by atoms with Crippen LogP contribution in [0.5, 0.6) is 0 Å². The van der Waals surface area contributed by atoms with Gasteiger partial charge in [-0.1, -0.05) is 28.9 Å². The van der Waals surface area contributed by atoms with Crippen molar-refractivity contribution >= 4 is 12.0 Å². The first-order chi connectivity index (χ1) is 13.6. The molecule has 4 rings (SSSR count). The molecule has 6 nitrogen and oxygen atoms in total. The Bertz CT molecular complexity index is 1030. The van der Waals surface area contributed by atoms with E-state index >= 15 is 0 Å². The predicted octanol–water partition coefficient (Wildman–Crippen LogP) is 4.07. The van der Waals surface area contributed by atoms with E-state index in [2.05, 4.69) is 21.2 Å². The first-order valence-corrected chi connectivity index (χ1v) is 9.41. The fourth-order valence-electron chi connectivity index (χ4n) is 3.39. The lowest BCUT2D eigenvalue weighted by Gasteiger charge is -2.28. The van der Waals surface area contributed by atoms with Gasteiger partial charge in [-0.25, -0.2) is 0 Å². The highest BCUT2D eigenvalue weighted by Crippen LogP contribution is 2.22. The normalized spacial score (nSPS) is 14.2. The Morgan fingerprint density at radius 2 is 1.86 bits per heavy atom. The average molecular weight is 374 g/mol. The minimum Gasteiger partial charge on any atom is -0.339 e. The minimum absolute atomic E-state index is 0.0368. The number of carbonyl (C=O) groups is 1. The van der Waals surface area contributed by atoms with Crippen LogP contribution in [0.2, 0.25) is 0 Å². The Kier molecular flexibility index (Phi) is 5.02. The second-order valence-corrected chi connectivity index (χ2v) is 7.02. The summed E-state index contributed by atoms with van der Waals surface area (Å²) >= 11 is 0. The number of piperidine rings is 1. The number of amides is 1. The van der Waals surface area contributed by atoms with E-state index in [0.717, 1.165) is 29.8 Å². The minimum atomic E-state index is 0.0368. The highest BCUT2D eigenvalue weighted by molar-refractivity contribution is 5.95. The molecule has 0 unspecified atom stereocenters.